The molecule has 0 radical (unpaired) electrons. The lowest BCUT2D eigenvalue weighted by Gasteiger charge is -2.33. The van der Waals surface area contributed by atoms with E-state index >= 15 is 0 Å². The van der Waals surface area contributed by atoms with Crippen molar-refractivity contribution >= 4 is 18.0 Å². The maximum Gasteiger partial charge on any atom is 0.329 e. The first-order valence-electron chi connectivity index (χ1n) is 6.36. The van der Waals surface area contributed by atoms with Gasteiger partial charge in [-0.25, -0.2) is 9.59 Å². The van der Waals surface area contributed by atoms with Crippen molar-refractivity contribution < 1.29 is 24.2 Å². The summed E-state index contributed by atoms with van der Waals surface area (Å²) in [7, 11) is 1.27. The lowest BCUT2D eigenvalue weighted by atomic mass is 9.82. The summed E-state index contributed by atoms with van der Waals surface area (Å²) in [6.45, 7) is 0.119. The topological polar surface area (TPSA) is 105 Å². The highest BCUT2D eigenvalue weighted by Gasteiger charge is 2.40. The van der Waals surface area contributed by atoms with Gasteiger partial charge in [-0.2, -0.15) is 0 Å². The molecule has 1 saturated carbocycles. The molecular formula is C12H20N2O5. The van der Waals surface area contributed by atoms with Crippen LogP contribution in [-0.2, 0) is 14.3 Å². The Balaban J connectivity index is 2.44. The summed E-state index contributed by atoms with van der Waals surface area (Å²) in [6.07, 6.45) is 3.49. The quantitative estimate of drug-likeness (QED) is 0.637. The fourth-order valence-electron chi connectivity index (χ4n) is 2.19. The van der Waals surface area contributed by atoms with Crippen LogP contribution in [0.4, 0.5) is 4.79 Å². The van der Waals surface area contributed by atoms with Crippen molar-refractivity contribution in [3.8, 4) is 0 Å². The van der Waals surface area contributed by atoms with Gasteiger partial charge < -0.3 is 20.5 Å². The Kier molecular flexibility index (Phi) is 5.59. The molecule has 0 spiro atoms. The monoisotopic (exact) mass is 272 g/mol. The number of carboxylic acid groups (broad SMARTS) is 1. The van der Waals surface area contributed by atoms with Gasteiger partial charge in [0.25, 0.3) is 0 Å². The number of ether oxygens (including phenoxy) is 1. The number of carbonyl (C=O) groups excluding carboxylic acids is 2. The van der Waals surface area contributed by atoms with Gasteiger partial charge in [0.15, 0.2) is 0 Å². The first-order chi connectivity index (χ1) is 9.00. The van der Waals surface area contributed by atoms with Crippen LogP contribution >= 0.6 is 0 Å². The molecule has 0 bridgehead atoms. The summed E-state index contributed by atoms with van der Waals surface area (Å²) in [5.74, 6) is -1.43. The Morgan fingerprint density at radius 2 is 1.84 bits per heavy atom. The fourth-order valence-corrected chi connectivity index (χ4v) is 2.19. The van der Waals surface area contributed by atoms with Crippen LogP contribution in [0.1, 0.15) is 38.5 Å². The Bertz CT molecular complexity index is 350. The van der Waals surface area contributed by atoms with Crippen molar-refractivity contribution in [2.45, 2.75) is 44.1 Å². The lowest BCUT2D eigenvalue weighted by Crippen LogP contribution is -2.58. The van der Waals surface area contributed by atoms with Crippen molar-refractivity contribution in [2.75, 3.05) is 13.7 Å². The van der Waals surface area contributed by atoms with Gasteiger partial charge in [-0.3, -0.25) is 4.79 Å². The zero-order chi connectivity index (χ0) is 14.3. The molecule has 7 heteroatoms. The van der Waals surface area contributed by atoms with Crippen LogP contribution in [0.25, 0.3) is 0 Å². The third kappa shape index (κ3) is 4.42. The predicted octanol–water partition coefficient (Wildman–Crippen LogP) is 0.636. The van der Waals surface area contributed by atoms with Crippen molar-refractivity contribution in [2.24, 2.45) is 0 Å². The molecule has 0 aromatic rings. The van der Waals surface area contributed by atoms with E-state index in [2.05, 4.69) is 15.4 Å². The van der Waals surface area contributed by atoms with Gasteiger partial charge in [-0.1, -0.05) is 19.3 Å². The van der Waals surface area contributed by atoms with E-state index < -0.39 is 23.5 Å². The van der Waals surface area contributed by atoms with E-state index in [-0.39, 0.29) is 13.0 Å². The Morgan fingerprint density at radius 1 is 1.21 bits per heavy atom. The number of carbonyl (C=O) groups is 3. The second-order valence-corrected chi connectivity index (χ2v) is 4.65. The van der Waals surface area contributed by atoms with E-state index in [0.29, 0.717) is 12.8 Å². The summed E-state index contributed by atoms with van der Waals surface area (Å²) in [4.78, 5) is 33.8. The molecule has 2 amide bonds. The molecule has 0 unspecified atom stereocenters. The zero-order valence-corrected chi connectivity index (χ0v) is 11.0. The van der Waals surface area contributed by atoms with Gasteiger partial charge in [0.05, 0.1) is 13.5 Å². The number of methoxy groups -OCH3 is 1. The van der Waals surface area contributed by atoms with Gasteiger partial charge in [0.1, 0.15) is 5.54 Å². The summed E-state index contributed by atoms with van der Waals surface area (Å²) >= 11 is 0. The van der Waals surface area contributed by atoms with Crippen LogP contribution < -0.4 is 10.6 Å². The number of hydrogen-bond acceptors (Lipinski definition) is 4. The molecule has 1 fully saturated rings. The average molecular weight is 272 g/mol. The zero-order valence-electron chi connectivity index (χ0n) is 11.0. The van der Waals surface area contributed by atoms with Gasteiger partial charge in [0, 0.05) is 6.54 Å². The highest BCUT2D eigenvalue weighted by atomic mass is 16.5. The Hall–Kier alpha value is -1.79. The molecule has 0 aliphatic heterocycles. The normalized spacial score (nSPS) is 17.3. The third-order valence-corrected chi connectivity index (χ3v) is 3.31. The van der Waals surface area contributed by atoms with Gasteiger partial charge >= 0.3 is 18.0 Å². The Morgan fingerprint density at radius 3 is 2.37 bits per heavy atom. The van der Waals surface area contributed by atoms with Gasteiger partial charge in [-0.15, -0.1) is 0 Å². The molecule has 108 valence electrons. The predicted molar refractivity (Wildman–Crippen MR) is 66.6 cm³/mol. The molecule has 0 aromatic heterocycles. The van der Waals surface area contributed by atoms with Crippen LogP contribution in [0.5, 0.6) is 0 Å². The van der Waals surface area contributed by atoms with E-state index in [0.717, 1.165) is 19.3 Å². The summed E-state index contributed by atoms with van der Waals surface area (Å²) in [5, 5.41) is 14.3. The highest BCUT2D eigenvalue weighted by Crippen LogP contribution is 2.28. The van der Waals surface area contributed by atoms with Crippen LogP contribution in [0.2, 0.25) is 0 Å². The number of amides is 2. The summed E-state index contributed by atoms with van der Waals surface area (Å²) in [6, 6.07) is -0.562. The van der Waals surface area contributed by atoms with E-state index in [1.54, 1.807) is 0 Å². The second kappa shape index (κ2) is 6.96. The molecule has 0 heterocycles. The van der Waals surface area contributed by atoms with Crippen molar-refractivity contribution in [3.63, 3.8) is 0 Å². The molecule has 0 atom stereocenters. The molecular weight excluding hydrogens is 252 g/mol. The van der Waals surface area contributed by atoms with Crippen molar-refractivity contribution in [3.05, 3.63) is 0 Å². The molecule has 3 N–H and O–H groups in total. The molecule has 19 heavy (non-hydrogen) atoms. The number of carboxylic acids is 1. The number of nitrogens with one attached hydrogen (secondary N) is 2. The van der Waals surface area contributed by atoms with E-state index in [1.807, 2.05) is 0 Å². The Labute approximate surface area is 111 Å². The molecule has 7 nitrogen and oxygen atoms in total. The van der Waals surface area contributed by atoms with E-state index in [9.17, 15) is 19.5 Å². The first kappa shape index (κ1) is 15.3. The lowest BCUT2D eigenvalue weighted by molar-refractivity contribution is -0.146. The minimum Gasteiger partial charge on any atom is -0.480 e. The molecule has 0 aromatic carbocycles. The van der Waals surface area contributed by atoms with Crippen LogP contribution in [0, 0.1) is 0 Å². The highest BCUT2D eigenvalue weighted by molar-refractivity contribution is 5.86. The third-order valence-electron chi connectivity index (χ3n) is 3.31. The number of aliphatic carboxylic acids is 1. The van der Waals surface area contributed by atoms with Crippen molar-refractivity contribution in [1.29, 1.82) is 0 Å². The first-order valence-corrected chi connectivity index (χ1v) is 6.36. The number of rotatable bonds is 5. The molecule has 1 aliphatic carbocycles. The van der Waals surface area contributed by atoms with Gasteiger partial charge in [0.2, 0.25) is 0 Å². The van der Waals surface area contributed by atoms with Crippen LogP contribution in [-0.4, -0.2) is 42.3 Å². The number of urea groups is 1. The van der Waals surface area contributed by atoms with Crippen LogP contribution in [0.3, 0.4) is 0 Å². The fraction of sp³-hybridized carbons (Fsp3) is 0.750. The standard InChI is InChI=1S/C12H20N2O5/c1-19-9(15)5-8-13-11(18)14-12(10(16)17)6-3-2-4-7-12/h2-8H2,1H3,(H,16,17)(H2,13,14,18). The van der Waals surface area contributed by atoms with Crippen molar-refractivity contribution in [1.82, 2.24) is 10.6 Å². The minimum absolute atomic E-state index is 0.0595. The summed E-state index contributed by atoms with van der Waals surface area (Å²) in [5.41, 5.74) is -1.17. The smallest absolute Gasteiger partial charge is 0.329 e. The molecule has 0 saturated heterocycles. The average Bonchev–Trinajstić information content (AvgIpc) is 2.39. The summed E-state index contributed by atoms with van der Waals surface area (Å²) < 4.78 is 4.44. The molecule has 1 rings (SSSR count). The van der Waals surface area contributed by atoms with E-state index in [1.165, 1.54) is 7.11 Å². The second-order valence-electron chi connectivity index (χ2n) is 4.65. The van der Waals surface area contributed by atoms with E-state index in [4.69, 9.17) is 0 Å². The molecule has 1 aliphatic rings. The minimum atomic E-state index is -1.17. The van der Waals surface area contributed by atoms with Gasteiger partial charge in [-0.05, 0) is 12.8 Å². The maximum atomic E-state index is 11.7. The van der Waals surface area contributed by atoms with Crippen LogP contribution in [0.15, 0.2) is 0 Å². The number of hydrogen-bond donors (Lipinski definition) is 3. The number of esters is 1. The SMILES string of the molecule is COC(=O)CCNC(=O)NC1(C(=O)O)CCCCC1. The maximum absolute atomic E-state index is 11.7. The largest absolute Gasteiger partial charge is 0.480 e.